The largest absolute Gasteiger partial charge is 0.497 e. The number of Topliss-reactive ketones (excluding diaryl/α,β-unsaturated/α-hetero) is 1. The second-order valence-corrected chi connectivity index (χ2v) is 9.22. The molecule has 3 aliphatic carbocycles. The summed E-state index contributed by atoms with van der Waals surface area (Å²) in [5.41, 5.74) is 1.78. The predicted octanol–water partition coefficient (Wildman–Crippen LogP) is 5.12. The summed E-state index contributed by atoms with van der Waals surface area (Å²) in [4.78, 5) is 14.0. The summed E-state index contributed by atoms with van der Waals surface area (Å²) in [6.45, 7) is 0. The highest BCUT2D eigenvalue weighted by molar-refractivity contribution is 5.98. The van der Waals surface area contributed by atoms with E-state index in [1.165, 1.54) is 0 Å². The van der Waals surface area contributed by atoms with Crippen molar-refractivity contribution in [2.75, 3.05) is 28.4 Å². The monoisotopic (exact) mass is 422 g/mol. The number of benzene rings is 2. The predicted molar refractivity (Wildman–Crippen MR) is 118 cm³/mol. The lowest BCUT2D eigenvalue weighted by atomic mass is 9.71. The maximum absolute atomic E-state index is 14.0. The zero-order chi connectivity index (χ0) is 21.8. The van der Waals surface area contributed by atoms with Crippen LogP contribution in [0.2, 0.25) is 0 Å². The number of carbonyl (C=O) groups excluding carboxylic acids is 1. The van der Waals surface area contributed by atoms with E-state index in [1.807, 2.05) is 24.3 Å². The van der Waals surface area contributed by atoms with Gasteiger partial charge in [-0.1, -0.05) is 18.6 Å². The normalized spacial score (nSPS) is 30.9. The molecule has 3 aliphatic rings. The first kappa shape index (κ1) is 20.2. The van der Waals surface area contributed by atoms with Crippen LogP contribution in [0, 0.1) is 10.8 Å². The van der Waals surface area contributed by atoms with E-state index in [0.717, 1.165) is 66.2 Å². The molecule has 0 aliphatic heterocycles. The first-order valence-corrected chi connectivity index (χ1v) is 11.0. The molecule has 164 valence electrons. The first-order chi connectivity index (χ1) is 15.0. The van der Waals surface area contributed by atoms with Crippen molar-refractivity contribution in [2.24, 2.45) is 10.8 Å². The summed E-state index contributed by atoms with van der Waals surface area (Å²) < 4.78 is 22.0. The Balaban J connectivity index is 1.43. The molecule has 0 radical (unpaired) electrons. The fraction of sp³-hybridized carbons (Fsp3) is 0.500. The van der Waals surface area contributed by atoms with Crippen molar-refractivity contribution in [3.63, 3.8) is 0 Å². The van der Waals surface area contributed by atoms with Crippen molar-refractivity contribution in [1.82, 2.24) is 0 Å². The average molecular weight is 423 g/mol. The molecule has 0 amide bonds. The first-order valence-electron chi connectivity index (χ1n) is 11.0. The quantitative estimate of drug-likeness (QED) is 0.647. The van der Waals surface area contributed by atoms with E-state index in [1.54, 1.807) is 28.4 Å². The van der Waals surface area contributed by atoms with Gasteiger partial charge in [-0.05, 0) is 48.9 Å². The minimum Gasteiger partial charge on any atom is -0.497 e. The summed E-state index contributed by atoms with van der Waals surface area (Å²) in [5, 5.41) is 0. The third-order valence-corrected chi connectivity index (χ3v) is 7.93. The third-order valence-electron chi connectivity index (χ3n) is 7.93. The lowest BCUT2D eigenvalue weighted by Crippen LogP contribution is -2.33. The molecular weight excluding hydrogens is 392 g/mol. The Bertz CT molecular complexity index is 951. The molecule has 5 rings (SSSR count). The summed E-state index contributed by atoms with van der Waals surface area (Å²) in [5.74, 6) is 4.10. The van der Waals surface area contributed by atoms with Gasteiger partial charge in [-0.2, -0.15) is 0 Å². The van der Waals surface area contributed by atoms with Crippen LogP contribution < -0.4 is 18.9 Å². The molecule has 31 heavy (non-hydrogen) atoms. The lowest BCUT2D eigenvalue weighted by molar-refractivity contribution is -0.132. The number of carbonyl (C=O) groups is 1. The summed E-state index contributed by atoms with van der Waals surface area (Å²) in [6.07, 6.45) is 4.88. The second-order valence-electron chi connectivity index (χ2n) is 9.22. The van der Waals surface area contributed by atoms with Crippen LogP contribution in [0.3, 0.4) is 0 Å². The van der Waals surface area contributed by atoms with Crippen molar-refractivity contribution in [1.29, 1.82) is 0 Å². The number of methoxy groups -OCH3 is 4. The lowest BCUT2D eigenvalue weighted by Gasteiger charge is -2.30. The third kappa shape index (κ3) is 2.93. The zero-order valence-corrected chi connectivity index (χ0v) is 18.7. The average Bonchev–Trinajstić information content (AvgIpc) is 3.72. The Morgan fingerprint density at radius 1 is 0.710 bits per heavy atom. The number of hydrogen-bond acceptors (Lipinski definition) is 5. The van der Waals surface area contributed by atoms with Crippen LogP contribution in [0.15, 0.2) is 36.4 Å². The molecule has 5 nitrogen and oxygen atoms in total. The molecular formula is C26H30O5. The number of rotatable bonds is 6. The van der Waals surface area contributed by atoms with Crippen molar-refractivity contribution in [3.05, 3.63) is 47.5 Å². The maximum Gasteiger partial charge on any atom is 0.146 e. The molecule has 0 heterocycles. The van der Waals surface area contributed by atoms with Crippen LogP contribution in [-0.2, 0) is 4.79 Å². The van der Waals surface area contributed by atoms with Gasteiger partial charge in [0.15, 0.2) is 0 Å². The van der Waals surface area contributed by atoms with Gasteiger partial charge in [0.25, 0.3) is 0 Å². The van der Waals surface area contributed by atoms with Crippen LogP contribution in [0.1, 0.15) is 55.1 Å². The smallest absolute Gasteiger partial charge is 0.146 e. The van der Waals surface area contributed by atoms with Crippen LogP contribution in [0.25, 0.3) is 0 Å². The molecule has 0 saturated heterocycles. The fourth-order valence-corrected chi connectivity index (χ4v) is 6.14. The Labute approximate surface area is 183 Å². The summed E-state index contributed by atoms with van der Waals surface area (Å²) in [7, 11) is 6.68. The van der Waals surface area contributed by atoms with E-state index in [-0.39, 0.29) is 22.7 Å². The van der Waals surface area contributed by atoms with Crippen molar-refractivity contribution in [2.45, 2.75) is 43.9 Å². The Morgan fingerprint density at radius 2 is 1.16 bits per heavy atom. The van der Waals surface area contributed by atoms with Gasteiger partial charge in [-0.15, -0.1) is 0 Å². The van der Waals surface area contributed by atoms with Crippen LogP contribution in [-0.4, -0.2) is 34.2 Å². The van der Waals surface area contributed by atoms with E-state index < -0.39 is 0 Å². The van der Waals surface area contributed by atoms with Crippen LogP contribution >= 0.6 is 0 Å². The zero-order valence-electron chi connectivity index (χ0n) is 18.7. The summed E-state index contributed by atoms with van der Waals surface area (Å²) >= 11 is 0. The van der Waals surface area contributed by atoms with Crippen molar-refractivity contribution < 1.29 is 23.7 Å². The minimum absolute atomic E-state index is 0.233. The second kappa shape index (κ2) is 7.18. The minimum atomic E-state index is -0.241. The van der Waals surface area contributed by atoms with Gasteiger partial charge in [0.05, 0.1) is 28.4 Å². The Morgan fingerprint density at radius 3 is 1.55 bits per heavy atom. The molecule has 3 saturated carbocycles. The van der Waals surface area contributed by atoms with Gasteiger partial charge >= 0.3 is 0 Å². The van der Waals surface area contributed by atoms with E-state index in [2.05, 4.69) is 12.1 Å². The molecule has 0 N–H and O–H groups in total. The van der Waals surface area contributed by atoms with Gasteiger partial charge in [0.1, 0.15) is 28.8 Å². The highest BCUT2D eigenvalue weighted by Gasteiger charge is 2.73. The van der Waals surface area contributed by atoms with Gasteiger partial charge < -0.3 is 18.9 Å². The number of ketones is 1. The van der Waals surface area contributed by atoms with Crippen molar-refractivity contribution >= 4 is 5.78 Å². The molecule has 2 aromatic rings. The highest BCUT2D eigenvalue weighted by atomic mass is 16.5. The molecule has 2 spiro atoms. The van der Waals surface area contributed by atoms with E-state index >= 15 is 0 Å². The summed E-state index contributed by atoms with van der Waals surface area (Å²) in [6, 6.07) is 11.9. The van der Waals surface area contributed by atoms with Gasteiger partial charge in [-0.25, -0.2) is 0 Å². The van der Waals surface area contributed by atoms with E-state index in [9.17, 15) is 4.79 Å². The molecule has 0 unspecified atom stereocenters. The van der Waals surface area contributed by atoms with Crippen LogP contribution in [0.5, 0.6) is 23.0 Å². The van der Waals surface area contributed by atoms with Crippen molar-refractivity contribution in [3.8, 4) is 23.0 Å². The number of hydrogen-bond donors (Lipinski definition) is 0. The Kier molecular flexibility index (Phi) is 4.68. The molecule has 5 heteroatoms. The molecule has 0 aromatic heterocycles. The number of ether oxygens (including phenoxy) is 4. The van der Waals surface area contributed by atoms with Gasteiger partial charge in [0.2, 0.25) is 0 Å². The molecule has 3 fully saturated rings. The van der Waals surface area contributed by atoms with E-state index in [0.29, 0.717) is 5.78 Å². The van der Waals surface area contributed by atoms with Gasteiger partial charge in [0, 0.05) is 34.8 Å². The topological polar surface area (TPSA) is 54.0 Å². The molecule has 0 bridgehead atoms. The van der Waals surface area contributed by atoms with Crippen LogP contribution in [0.4, 0.5) is 0 Å². The standard InChI is InChI=1S/C26H30O5/c1-28-16-6-8-18(22(12-16)30-3)20-14-25(20)10-5-11-26(24(25)27)15-21(26)19-9-7-17(29-2)13-23(19)31-4/h6-9,12-13,20-21H,5,10-11,14-15H2,1-4H3/t20-,21+,25-,26-/m1/s1. The highest BCUT2D eigenvalue weighted by Crippen LogP contribution is 2.76. The molecule has 4 atom stereocenters. The SMILES string of the molecule is COc1ccc([C@H]2C[C@]23CCC[C@]2(C[C@H]2c2ccc(OC)cc2OC)C3=O)c(OC)c1. The van der Waals surface area contributed by atoms with Gasteiger partial charge in [-0.3, -0.25) is 4.79 Å². The maximum atomic E-state index is 14.0. The van der Waals surface area contributed by atoms with E-state index in [4.69, 9.17) is 18.9 Å². The molecule has 2 aromatic carbocycles. The fourth-order valence-electron chi connectivity index (χ4n) is 6.14. The Hall–Kier alpha value is -2.69.